The topological polar surface area (TPSA) is 176 Å². The van der Waals surface area contributed by atoms with Crippen LogP contribution in [0.5, 0.6) is 17.2 Å². The van der Waals surface area contributed by atoms with Crippen molar-refractivity contribution in [3.63, 3.8) is 0 Å². The fraction of sp³-hybridized carbons (Fsp3) is 0.294. The number of rotatable bonds is 5. The van der Waals surface area contributed by atoms with Gasteiger partial charge in [-0.25, -0.2) is 0 Å². The number of phenols is 1. The van der Waals surface area contributed by atoms with E-state index in [-0.39, 0.29) is 36.1 Å². The van der Waals surface area contributed by atoms with Crippen LogP contribution in [-0.4, -0.2) is 68.9 Å². The first-order valence-electron chi connectivity index (χ1n) is 15.1. The minimum absolute atomic E-state index is 0.00547. The normalized spacial score (nSPS) is 18.7. The molecule has 4 bridgehead atoms. The molecule has 0 saturated heterocycles. The summed E-state index contributed by atoms with van der Waals surface area (Å²) < 4.78 is 11.3. The van der Waals surface area contributed by atoms with E-state index in [4.69, 9.17) is 9.26 Å². The van der Waals surface area contributed by atoms with E-state index in [1.165, 1.54) is 30.0 Å². The second-order valence-corrected chi connectivity index (χ2v) is 11.7. The molecule has 0 aliphatic carbocycles. The van der Waals surface area contributed by atoms with Crippen LogP contribution < -0.4 is 20.7 Å². The molecule has 3 aromatic carbocycles. The average Bonchev–Trinajstić information content (AvgIpc) is 3.52. The van der Waals surface area contributed by atoms with E-state index in [0.717, 1.165) is 11.1 Å². The average molecular weight is 641 g/mol. The van der Waals surface area contributed by atoms with Crippen LogP contribution >= 0.6 is 0 Å². The summed E-state index contributed by atoms with van der Waals surface area (Å²) in [7, 11) is 1.57. The van der Waals surface area contributed by atoms with Crippen LogP contribution in [0.15, 0.2) is 77.3 Å². The Kier molecular flexibility index (Phi) is 9.83. The fourth-order valence-corrected chi connectivity index (χ4v) is 5.02. The minimum Gasteiger partial charge on any atom is -0.507 e. The lowest BCUT2D eigenvalue weighted by atomic mass is 10.0. The van der Waals surface area contributed by atoms with Crippen molar-refractivity contribution in [3.05, 3.63) is 89.8 Å². The molecule has 0 unspecified atom stereocenters. The smallest absolute Gasteiger partial charge is 0.255 e. The van der Waals surface area contributed by atoms with Crippen molar-refractivity contribution in [3.8, 4) is 28.6 Å². The Morgan fingerprint density at radius 1 is 0.957 bits per heavy atom. The van der Waals surface area contributed by atoms with Gasteiger partial charge in [0.2, 0.25) is 29.4 Å². The summed E-state index contributed by atoms with van der Waals surface area (Å²) in [4.78, 5) is 59.4. The third kappa shape index (κ3) is 7.93. The summed E-state index contributed by atoms with van der Waals surface area (Å²) in [6, 6.07) is 17.3. The summed E-state index contributed by atoms with van der Waals surface area (Å²) in [5.74, 6) is -1.64. The number of ether oxygens (including phenoxy) is 1. The first-order valence-corrected chi connectivity index (χ1v) is 15.1. The summed E-state index contributed by atoms with van der Waals surface area (Å²) in [5, 5.41) is 22.5. The Bertz CT molecular complexity index is 1760. The Balaban J connectivity index is 1.41. The van der Waals surface area contributed by atoms with Gasteiger partial charge in [0, 0.05) is 19.0 Å². The Hall–Kier alpha value is -5.72. The van der Waals surface area contributed by atoms with Gasteiger partial charge in [0.1, 0.15) is 35.4 Å². The quantitative estimate of drug-likeness (QED) is 0.239. The molecule has 2 aliphatic rings. The van der Waals surface area contributed by atoms with E-state index in [2.05, 4.69) is 26.1 Å². The molecule has 13 nitrogen and oxygen atoms in total. The zero-order valence-electron chi connectivity index (χ0n) is 26.4. The molecule has 2 aliphatic heterocycles. The zero-order valence-corrected chi connectivity index (χ0v) is 26.4. The van der Waals surface area contributed by atoms with Crippen molar-refractivity contribution in [2.45, 2.75) is 51.9 Å². The number of nitrogens with one attached hydrogen (secondary N) is 3. The molecular weight excluding hydrogens is 604 g/mol. The SMILES string of the molecule is CC(C)[C@@H]1NC(=O)c2cc(ccc2O)Oc2ccc(cc2)C[C@@H](C(=O)N(C)Cc2nc(-c3ccccc3)no2)NC(=O)[C@H](C)NC1=O. The van der Waals surface area contributed by atoms with Crippen LogP contribution in [0.1, 0.15) is 42.6 Å². The van der Waals surface area contributed by atoms with Crippen molar-refractivity contribution in [1.29, 1.82) is 0 Å². The van der Waals surface area contributed by atoms with Crippen LogP contribution in [-0.2, 0) is 27.3 Å². The highest BCUT2D eigenvalue weighted by Gasteiger charge is 2.31. The largest absolute Gasteiger partial charge is 0.507 e. The molecule has 244 valence electrons. The standard InChI is InChI=1S/C34H36N6O7/c1-19(2)29-33(44)35-20(3)31(42)36-26(34(45)40(4)18-28-37-30(39-47-28)22-8-6-5-7-9-22)16-21-10-12-23(13-11-21)46-24-14-15-27(41)25(17-24)32(43)38-29/h5-15,17,19-20,26,29,41H,16,18H2,1-4H3,(H,35,44)(H,36,42)(H,38,43)/t20-,26-,29-/m0/s1. The maximum absolute atomic E-state index is 13.8. The maximum atomic E-state index is 13.8. The monoisotopic (exact) mass is 640 g/mol. The van der Waals surface area contributed by atoms with E-state index < -0.39 is 41.8 Å². The van der Waals surface area contributed by atoms with Gasteiger partial charge in [-0.05, 0) is 48.7 Å². The summed E-state index contributed by atoms with van der Waals surface area (Å²) in [6.07, 6.45) is 0.128. The van der Waals surface area contributed by atoms with Gasteiger partial charge in [-0.1, -0.05) is 61.5 Å². The highest BCUT2D eigenvalue weighted by molar-refractivity contribution is 6.00. The Morgan fingerprint density at radius 3 is 2.36 bits per heavy atom. The lowest BCUT2D eigenvalue weighted by Crippen LogP contribution is -2.57. The lowest BCUT2D eigenvalue weighted by Gasteiger charge is -2.27. The van der Waals surface area contributed by atoms with Crippen LogP contribution in [0.3, 0.4) is 0 Å². The maximum Gasteiger partial charge on any atom is 0.255 e. The number of phenolic OH excluding ortho intramolecular Hbond substituents is 1. The molecule has 0 spiro atoms. The van der Waals surface area contributed by atoms with Gasteiger partial charge in [0.25, 0.3) is 5.91 Å². The number of hydrogen-bond donors (Lipinski definition) is 4. The van der Waals surface area contributed by atoms with Crippen molar-refractivity contribution in [2.75, 3.05) is 7.05 Å². The van der Waals surface area contributed by atoms with E-state index in [9.17, 15) is 24.3 Å². The molecule has 4 amide bonds. The number of aromatic hydroxyl groups is 1. The van der Waals surface area contributed by atoms with Gasteiger partial charge in [0.15, 0.2) is 0 Å². The number of nitrogens with zero attached hydrogens (tertiary/aromatic N) is 3. The Morgan fingerprint density at radius 2 is 1.66 bits per heavy atom. The highest BCUT2D eigenvalue weighted by atomic mass is 16.5. The van der Waals surface area contributed by atoms with Crippen molar-refractivity contribution in [2.24, 2.45) is 5.92 Å². The third-order valence-corrected chi connectivity index (χ3v) is 7.66. The van der Waals surface area contributed by atoms with Gasteiger partial charge < -0.3 is 35.2 Å². The van der Waals surface area contributed by atoms with Gasteiger partial charge >= 0.3 is 0 Å². The number of carbonyl (C=O) groups is 4. The molecule has 0 saturated carbocycles. The summed E-state index contributed by atoms with van der Waals surface area (Å²) >= 11 is 0. The Labute approximate surface area is 271 Å². The second-order valence-electron chi connectivity index (χ2n) is 11.7. The molecule has 4 N–H and O–H groups in total. The van der Waals surface area contributed by atoms with Gasteiger partial charge in [-0.15, -0.1) is 0 Å². The van der Waals surface area contributed by atoms with Gasteiger partial charge in [-0.3, -0.25) is 19.2 Å². The molecule has 6 rings (SSSR count). The van der Waals surface area contributed by atoms with Crippen LogP contribution in [0.2, 0.25) is 0 Å². The third-order valence-electron chi connectivity index (χ3n) is 7.66. The van der Waals surface area contributed by atoms with Crippen molar-refractivity contribution >= 4 is 23.6 Å². The number of aromatic nitrogens is 2. The first-order chi connectivity index (χ1) is 22.5. The number of benzene rings is 3. The molecule has 47 heavy (non-hydrogen) atoms. The summed E-state index contributed by atoms with van der Waals surface area (Å²) in [5.41, 5.74) is 1.41. The van der Waals surface area contributed by atoms with E-state index >= 15 is 0 Å². The highest BCUT2D eigenvalue weighted by Crippen LogP contribution is 2.28. The predicted molar refractivity (Wildman–Crippen MR) is 170 cm³/mol. The molecule has 4 aromatic rings. The fourth-order valence-electron chi connectivity index (χ4n) is 5.02. The number of amides is 4. The van der Waals surface area contributed by atoms with Crippen LogP contribution in [0.25, 0.3) is 11.4 Å². The number of likely N-dealkylation sites (N-methyl/N-ethyl adjacent to an activating group) is 1. The van der Waals surface area contributed by atoms with E-state index in [1.54, 1.807) is 45.2 Å². The molecule has 1 aromatic heterocycles. The van der Waals surface area contributed by atoms with E-state index in [1.807, 2.05) is 30.3 Å². The predicted octanol–water partition coefficient (Wildman–Crippen LogP) is 3.19. The van der Waals surface area contributed by atoms with Crippen LogP contribution in [0, 0.1) is 5.92 Å². The number of fused-ring (bicyclic) bond motifs is 11. The second kappa shape index (κ2) is 14.1. The van der Waals surface area contributed by atoms with Crippen molar-refractivity contribution in [1.82, 2.24) is 31.0 Å². The van der Waals surface area contributed by atoms with Crippen molar-refractivity contribution < 1.29 is 33.5 Å². The molecule has 13 heteroatoms. The molecule has 3 atom stereocenters. The lowest BCUT2D eigenvalue weighted by molar-refractivity contribution is -0.137. The molecule has 0 fully saturated rings. The first kappa shape index (κ1) is 32.7. The number of carbonyl (C=O) groups excluding carboxylic acids is 4. The van der Waals surface area contributed by atoms with Gasteiger partial charge in [-0.2, -0.15) is 4.98 Å². The zero-order chi connectivity index (χ0) is 33.7. The molecular formula is C34H36N6O7. The van der Waals surface area contributed by atoms with Crippen LogP contribution in [0.4, 0.5) is 0 Å². The minimum atomic E-state index is -1.06. The van der Waals surface area contributed by atoms with Gasteiger partial charge in [0.05, 0.1) is 12.1 Å². The molecule has 3 heterocycles. The van der Waals surface area contributed by atoms with E-state index in [0.29, 0.717) is 17.3 Å². The molecule has 0 radical (unpaired) electrons. The number of hydrogen-bond acceptors (Lipinski definition) is 9. The summed E-state index contributed by atoms with van der Waals surface area (Å²) in [6.45, 7) is 4.96.